The van der Waals surface area contributed by atoms with E-state index >= 15 is 0 Å². The number of nitrogens with one attached hydrogen (secondary N) is 1. The number of halogens is 2. The Balaban J connectivity index is 1.81. The van der Waals surface area contributed by atoms with Crippen LogP contribution < -0.4 is 9.62 Å². The second-order valence-electron chi connectivity index (χ2n) is 10.9. The lowest BCUT2D eigenvalue weighted by Crippen LogP contribution is -2.54. The highest BCUT2D eigenvalue weighted by atomic mass is 79.9. The average Bonchev–Trinajstić information content (AvgIpc) is 3.03. The number of sulfonamides is 1. The monoisotopic (exact) mass is 709 g/mol. The molecular formula is C35H37BrClN3O4S. The molecule has 2 amide bonds. The fourth-order valence-electron chi connectivity index (χ4n) is 4.87. The van der Waals surface area contributed by atoms with Crippen LogP contribution in [0.5, 0.6) is 0 Å². The van der Waals surface area contributed by atoms with Crippen molar-refractivity contribution in [1.82, 2.24) is 10.2 Å². The topological polar surface area (TPSA) is 86.8 Å². The normalized spacial score (nSPS) is 12.6. The maximum Gasteiger partial charge on any atom is 0.264 e. The summed E-state index contributed by atoms with van der Waals surface area (Å²) in [5, 5.41) is 3.44. The maximum atomic E-state index is 14.5. The zero-order valence-electron chi connectivity index (χ0n) is 25.5. The zero-order valence-corrected chi connectivity index (χ0v) is 28.6. The van der Waals surface area contributed by atoms with Crippen molar-refractivity contribution in [2.24, 2.45) is 0 Å². The minimum Gasteiger partial charge on any atom is -0.352 e. The van der Waals surface area contributed by atoms with E-state index in [1.165, 1.54) is 29.2 Å². The van der Waals surface area contributed by atoms with Crippen LogP contribution in [0.2, 0.25) is 5.02 Å². The molecule has 0 aliphatic heterocycles. The van der Waals surface area contributed by atoms with Crippen LogP contribution in [-0.2, 0) is 32.6 Å². The van der Waals surface area contributed by atoms with Crippen molar-refractivity contribution in [3.05, 3.63) is 129 Å². The molecule has 236 valence electrons. The molecule has 0 aliphatic carbocycles. The molecule has 0 aliphatic rings. The van der Waals surface area contributed by atoms with Gasteiger partial charge in [-0.25, -0.2) is 8.42 Å². The van der Waals surface area contributed by atoms with Crippen LogP contribution in [0.3, 0.4) is 0 Å². The van der Waals surface area contributed by atoms with Crippen LogP contribution in [0.4, 0.5) is 5.69 Å². The number of benzene rings is 4. The second kappa shape index (κ2) is 15.6. The predicted molar refractivity (Wildman–Crippen MR) is 184 cm³/mol. The van der Waals surface area contributed by atoms with Gasteiger partial charge in [-0.2, -0.15) is 0 Å². The molecule has 0 bridgehead atoms. The van der Waals surface area contributed by atoms with Gasteiger partial charge in [0.25, 0.3) is 10.0 Å². The molecule has 0 fully saturated rings. The van der Waals surface area contributed by atoms with Crippen LogP contribution in [0.25, 0.3) is 0 Å². The van der Waals surface area contributed by atoms with Crippen LogP contribution in [0.1, 0.15) is 37.0 Å². The summed E-state index contributed by atoms with van der Waals surface area (Å²) in [6.07, 6.45) is 0.963. The van der Waals surface area contributed by atoms with Gasteiger partial charge in [-0.05, 0) is 79.4 Å². The first kappa shape index (κ1) is 34.2. The molecule has 4 aromatic rings. The Morgan fingerprint density at radius 2 is 1.49 bits per heavy atom. The Labute approximate surface area is 279 Å². The first-order valence-electron chi connectivity index (χ1n) is 14.7. The Bertz CT molecular complexity index is 1700. The molecule has 7 nitrogen and oxygen atoms in total. The summed E-state index contributed by atoms with van der Waals surface area (Å²) in [5.41, 5.74) is 2.72. The van der Waals surface area contributed by atoms with Crippen molar-refractivity contribution in [2.75, 3.05) is 10.8 Å². The number of anilines is 1. The molecule has 0 heterocycles. The fraction of sp³-hybridized carbons (Fsp3) is 0.257. The van der Waals surface area contributed by atoms with Crippen molar-refractivity contribution < 1.29 is 18.0 Å². The first-order valence-corrected chi connectivity index (χ1v) is 17.3. The summed E-state index contributed by atoms with van der Waals surface area (Å²) in [6.45, 7) is 5.26. The smallest absolute Gasteiger partial charge is 0.264 e. The largest absolute Gasteiger partial charge is 0.352 e. The Morgan fingerprint density at radius 1 is 0.867 bits per heavy atom. The summed E-state index contributed by atoms with van der Waals surface area (Å²) in [7, 11) is -4.21. The van der Waals surface area contributed by atoms with E-state index in [1.807, 2.05) is 74.5 Å². The summed E-state index contributed by atoms with van der Waals surface area (Å²) in [4.78, 5) is 29.9. The molecule has 1 N–H and O–H groups in total. The molecule has 0 unspecified atom stereocenters. The van der Waals surface area contributed by atoms with Crippen molar-refractivity contribution in [3.8, 4) is 0 Å². The van der Waals surface area contributed by atoms with Gasteiger partial charge >= 0.3 is 0 Å². The van der Waals surface area contributed by atoms with E-state index in [2.05, 4.69) is 21.2 Å². The molecule has 4 aromatic carbocycles. The number of carbonyl (C=O) groups is 2. The maximum absolute atomic E-state index is 14.5. The highest BCUT2D eigenvalue weighted by Gasteiger charge is 2.35. The van der Waals surface area contributed by atoms with E-state index in [-0.39, 0.29) is 29.8 Å². The third-order valence-corrected chi connectivity index (χ3v) is 10.2. The molecule has 0 aromatic heterocycles. The number of nitrogens with zero attached hydrogens (tertiary/aromatic N) is 2. The molecule has 0 saturated heterocycles. The van der Waals surface area contributed by atoms with Gasteiger partial charge in [0.1, 0.15) is 12.6 Å². The van der Waals surface area contributed by atoms with Crippen molar-refractivity contribution in [3.63, 3.8) is 0 Å². The first-order chi connectivity index (χ1) is 21.5. The zero-order chi connectivity index (χ0) is 32.6. The van der Waals surface area contributed by atoms with Crippen LogP contribution in [0.15, 0.2) is 112 Å². The van der Waals surface area contributed by atoms with Gasteiger partial charge in [0, 0.05) is 28.5 Å². The average molecular weight is 711 g/mol. The van der Waals surface area contributed by atoms with E-state index in [1.54, 1.807) is 25.1 Å². The van der Waals surface area contributed by atoms with E-state index in [0.29, 0.717) is 22.7 Å². The number of amides is 2. The van der Waals surface area contributed by atoms with Crippen molar-refractivity contribution >= 4 is 55.1 Å². The van der Waals surface area contributed by atoms with Crippen LogP contribution in [-0.4, -0.2) is 43.8 Å². The van der Waals surface area contributed by atoms with Crippen molar-refractivity contribution in [1.29, 1.82) is 0 Å². The van der Waals surface area contributed by atoms with Gasteiger partial charge in [-0.15, -0.1) is 0 Å². The highest BCUT2D eigenvalue weighted by molar-refractivity contribution is 9.10. The van der Waals surface area contributed by atoms with E-state index in [0.717, 1.165) is 19.9 Å². The summed E-state index contributed by atoms with van der Waals surface area (Å²) < 4.78 is 30.3. The van der Waals surface area contributed by atoms with Gasteiger partial charge in [0.2, 0.25) is 11.8 Å². The third-order valence-electron chi connectivity index (χ3n) is 7.60. The highest BCUT2D eigenvalue weighted by Crippen LogP contribution is 2.28. The quantitative estimate of drug-likeness (QED) is 0.160. The van der Waals surface area contributed by atoms with Crippen molar-refractivity contribution in [2.45, 2.75) is 57.1 Å². The number of aryl methyl sites for hydroxylation is 1. The minimum atomic E-state index is -4.21. The third kappa shape index (κ3) is 8.96. The van der Waals surface area contributed by atoms with Gasteiger partial charge in [-0.1, -0.05) is 95.1 Å². The van der Waals surface area contributed by atoms with Crippen LogP contribution in [0, 0.1) is 6.92 Å². The fourth-order valence-corrected chi connectivity index (χ4v) is 6.74. The number of carbonyl (C=O) groups excluding carboxylic acids is 2. The summed E-state index contributed by atoms with van der Waals surface area (Å²) in [5.74, 6) is -0.819. The number of hydrogen-bond donors (Lipinski definition) is 1. The van der Waals surface area contributed by atoms with Crippen LogP contribution >= 0.6 is 27.5 Å². The molecular weight excluding hydrogens is 674 g/mol. The molecule has 45 heavy (non-hydrogen) atoms. The SMILES string of the molecule is CC[C@H](C)NC(=O)[C@@H](Cc1ccccc1)N(Cc1ccc(Br)cc1)C(=O)CN(c1ccccc1C)S(=O)(=O)c1ccc(Cl)cc1. The van der Waals surface area contributed by atoms with E-state index in [4.69, 9.17) is 11.6 Å². The van der Waals surface area contributed by atoms with Gasteiger partial charge in [0.05, 0.1) is 10.6 Å². The number of para-hydroxylation sites is 1. The molecule has 2 atom stereocenters. The molecule has 0 spiro atoms. The molecule has 10 heteroatoms. The Kier molecular flexibility index (Phi) is 11.8. The predicted octanol–water partition coefficient (Wildman–Crippen LogP) is 7.16. The summed E-state index contributed by atoms with van der Waals surface area (Å²) >= 11 is 9.52. The van der Waals surface area contributed by atoms with Gasteiger partial charge < -0.3 is 10.2 Å². The van der Waals surface area contributed by atoms with Gasteiger partial charge in [0.15, 0.2) is 0 Å². The standard InChI is InChI=1S/C35H37BrClN3O4S/c1-4-26(3)38-35(42)33(22-27-11-6-5-7-12-27)39(23-28-14-16-29(36)17-15-28)34(41)24-40(32-13-9-8-10-25(32)2)45(43,44)31-20-18-30(37)19-21-31/h5-21,26,33H,4,22-24H2,1-3H3,(H,38,42)/t26-,33+/m0/s1. The minimum absolute atomic E-state index is 0.00207. The number of rotatable bonds is 13. The Hall–Kier alpha value is -3.66. The lowest BCUT2D eigenvalue weighted by molar-refractivity contribution is -0.140. The molecule has 4 rings (SSSR count). The summed E-state index contributed by atoms with van der Waals surface area (Å²) in [6, 6.07) is 28.8. The second-order valence-corrected chi connectivity index (χ2v) is 14.1. The van der Waals surface area contributed by atoms with E-state index < -0.39 is 28.5 Å². The lowest BCUT2D eigenvalue weighted by atomic mass is 10.0. The molecule has 0 radical (unpaired) electrons. The lowest BCUT2D eigenvalue weighted by Gasteiger charge is -2.34. The van der Waals surface area contributed by atoms with Gasteiger partial charge in [-0.3, -0.25) is 13.9 Å². The Morgan fingerprint density at radius 3 is 2.11 bits per heavy atom. The number of hydrogen-bond acceptors (Lipinski definition) is 4. The van der Waals surface area contributed by atoms with E-state index in [9.17, 15) is 18.0 Å². The molecule has 0 saturated carbocycles.